The van der Waals surface area contributed by atoms with E-state index < -0.39 is 17.7 Å². The summed E-state index contributed by atoms with van der Waals surface area (Å²) < 4.78 is 16.8. The van der Waals surface area contributed by atoms with E-state index in [0.717, 1.165) is 12.8 Å². The van der Waals surface area contributed by atoms with Gasteiger partial charge in [-0.3, -0.25) is 14.5 Å². The van der Waals surface area contributed by atoms with Gasteiger partial charge in [0.05, 0.1) is 31.9 Å². The maximum atomic E-state index is 13.4. The van der Waals surface area contributed by atoms with Crippen molar-refractivity contribution in [1.82, 2.24) is 0 Å². The molecule has 3 aromatic rings. The molecule has 0 aromatic heterocycles. The lowest BCUT2D eigenvalue weighted by Gasteiger charge is -2.26. The number of Topliss-reactive ketones (excluding diaryl/α,β-unsaturated/α-hetero) is 1. The average Bonchev–Trinajstić information content (AvgIpc) is 3.20. The number of anilines is 1. The summed E-state index contributed by atoms with van der Waals surface area (Å²) in [5.74, 6) is 0.0662. The largest absolute Gasteiger partial charge is 0.507 e. The average molecular weight is 502 g/mol. The van der Waals surface area contributed by atoms with E-state index >= 15 is 0 Å². The fourth-order valence-corrected chi connectivity index (χ4v) is 4.25. The van der Waals surface area contributed by atoms with Gasteiger partial charge in [-0.15, -0.1) is 0 Å². The lowest BCUT2D eigenvalue weighted by molar-refractivity contribution is -0.132. The fourth-order valence-electron chi connectivity index (χ4n) is 4.25. The van der Waals surface area contributed by atoms with Gasteiger partial charge in [0.25, 0.3) is 11.7 Å². The van der Waals surface area contributed by atoms with Gasteiger partial charge in [0.1, 0.15) is 23.0 Å². The molecule has 4 rings (SSSR count). The van der Waals surface area contributed by atoms with Crippen LogP contribution in [-0.4, -0.2) is 37.1 Å². The Morgan fingerprint density at radius 3 is 2.16 bits per heavy atom. The van der Waals surface area contributed by atoms with E-state index in [-0.39, 0.29) is 11.3 Å². The van der Waals surface area contributed by atoms with E-state index in [0.29, 0.717) is 47.3 Å². The van der Waals surface area contributed by atoms with E-state index in [4.69, 9.17) is 14.2 Å². The molecule has 1 saturated heterocycles. The van der Waals surface area contributed by atoms with Crippen LogP contribution in [0.4, 0.5) is 5.69 Å². The van der Waals surface area contributed by atoms with E-state index in [1.54, 1.807) is 79.9 Å². The van der Waals surface area contributed by atoms with Crippen molar-refractivity contribution in [2.45, 2.75) is 32.7 Å². The Bertz CT molecular complexity index is 1300. The first-order valence-electron chi connectivity index (χ1n) is 12.4. The zero-order valence-electron chi connectivity index (χ0n) is 21.3. The molecule has 1 heterocycles. The van der Waals surface area contributed by atoms with Crippen LogP contribution < -0.4 is 19.1 Å². The predicted octanol–water partition coefficient (Wildman–Crippen LogP) is 5.90. The maximum absolute atomic E-state index is 13.4. The molecule has 1 amide bonds. The van der Waals surface area contributed by atoms with Crippen molar-refractivity contribution in [3.63, 3.8) is 0 Å². The zero-order chi connectivity index (χ0) is 26.4. The molecule has 1 fully saturated rings. The van der Waals surface area contributed by atoms with Gasteiger partial charge in [-0.1, -0.05) is 32.0 Å². The number of rotatable bonds is 10. The Hall–Kier alpha value is -4.26. The highest BCUT2D eigenvalue weighted by molar-refractivity contribution is 6.51. The summed E-state index contributed by atoms with van der Waals surface area (Å²) >= 11 is 0. The van der Waals surface area contributed by atoms with Gasteiger partial charge < -0.3 is 19.3 Å². The highest BCUT2D eigenvalue weighted by atomic mass is 16.5. The minimum Gasteiger partial charge on any atom is -0.507 e. The molecule has 1 aliphatic heterocycles. The van der Waals surface area contributed by atoms with Gasteiger partial charge in [0.2, 0.25) is 0 Å². The van der Waals surface area contributed by atoms with Crippen molar-refractivity contribution < 1.29 is 28.9 Å². The summed E-state index contributed by atoms with van der Waals surface area (Å²) in [6.07, 6.45) is 1.71. The molecule has 1 aliphatic rings. The number of ketones is 1. The normalized spacial score (nSPS) is 16.6. The standard InChI is InChI=1S/C30H31NO6/c1-4-16-36-23-14-12-20(13-15-23)28(32)26-27(21-8-6-10-24(18-21)35-3)31(30(34)29(26)33)22-9-7-11-25(19-22)37-17-5-2/h6-15,18-19,27,32H,4-5,16-17H2,1-3H3/b28-26+. The van der Waals surface area contributed by atoms with Gasteiger partial charge in [-0.2, -0.15) is 0 Å². The van der Waals surface area contributed by atoms with Crippen LogP contribution in [0.5, 0.6) is 17.2 Å². The Kier molecular flexibility index (Phi) is 8.13. The van der Waals surface area contributed by atoms with Crippen LogP contribution in [0.2, 0.25) is 0 Å². The molecule has 7 nitrogen and oxygen atoms in total. The number of carbonyl (C=O) groups excluding carboxylic acids is 2. The number of methoxy groups -OCH3 is 1. The Balaban J connectivity index is 1.84. The van der Waals surface area contributed by atoms with Crippen molar-refractivity contribution in [1.29, 1.82) is 0 Å². The SMILES string of the molecule is CCCOc1ccc(/C(O)=C2\C(=O)C(=O)N(c3cccc(OCCC)c3)C2c2cccc(OC)c2)cc1. The van der Waals surface area contributed by atoms with Crippen molar-refractivity contribution >= 4 is 23.1 Å². The highest BCUT2D eigenvalue weighted by Gasteiger charge is 2.47. The van der Waals surface area contributed by atoms with Crippen molar-refractivity contribution in [3.05, 3.63) is 89.5 Å². The third-order valence-electron chi connectivity index (χ3n) is 6.02. The third kappa shape index (κ3) is 5.45. The third-order valence-corrected chi connectivity index (χ3v) is 6.02. The number of aliphatic hydroxyl groups excluding tert-OH is 1. The Morgan fingerprint density at radius 2 is 1.49 bits per heavy atom. The number of benzene rings is 3. The molecule has 3 aromatic carbocycles. The highest BCUT2D eigenvalue weighted by Crippen LogP contribution is 2.43. The van der Waals surface area contributed by atoms with E-state index in [9.17, 15) is 14.7 Å². The van der Waals surface area contributed by atoms with Crippen LogP contribution in [-0.2, 0) is 9.59 Å². The van der Waals surface area contributed by atoms with Gasteiger partial charge >= 0.3 is 0 Å². The van der Waals surface area contributed by atoms with Crippen molar-refractivity contribution in [2.24, 2.45) is 0 Å². The second kappa shape index (κ2) is 11.6. The minimum absolute atomic E-state index is 0.000333. The van der Waals surface area contributed by atoms with Gasteiger partial charge in [0, 0.05) is 17.3 Å². The summed E-state index contributed by atoms with van der Waals surface area (Å²) in [4.78, 5) is 28.2. The summed E-state index contributed by atoms with van der Waals surface area (Å²) in [6.45, 7) is 5.13. The zero-order valence-corrected chi connectivity index (χ0v) is 21.3. The van der Waals surface area contributed by atoms with Crippen LogP contribution in [0.15, 0.2) is 78.4 Å². The molecular formula is C30H31NO6. The summed E-state index contributed by atoms with van der Waals surface area (Å²) in [5.41, 5.74) is 1.53. The number of nitrogens with zero attached hydrogens (tertiary/aromatic N) is 1. The number of aliphatic hydroxyl groups is 1. The van der Waals surface area contributed by atoms with E-state index in [1.165, 1.54) is 4.90 Å². The number of amides is 1. The molecule has 37 heavy (non-hydrogen) atoms. The van der Waals surface area contributed by atoms with Crippen LogP contribution in [0, 0.1) is 0 Å². The summed E-state index contributed by atoms with van der Waals surface area (Å²) in [7, 11) is 1.55. The van der Waals surface area contributed by atoms with Crippen molar-refractivity contribution in [2.75, 3.05) is 25.2 Å². The monoisotopic (exact) mass is 501 g/mol. The molecule has 1 unspecified atom stereocenters. The predicted molar refractivity (Wildman–Crippen MR) is 142 cm³/mol. The fraction of sp³-hybridized carbons (Fsp3) is 0.267. The summed E-state index contributed by atoms with van der Waals surface area (Å²) in [5, 5.41) is 11.4. The van der Waals surface area contributed by atoms with Gasteiger partial charge in [-0.25, -0.2) is 0 Å². The minimum atomic E-state index is -0.868. The molecular weight excluding hydrogens is 470 g/mol. The van der Waals surface area contributed by atoms with E-state index in [2.05, 4.69) is 0 Å². The quantitative estimate of drug-likeness (QED) is 0.212. The molecule has 0 aliphatic carbocycles. The first kappa shape index (κ1) is 25.8. The molecule has 7 heteroatoms. The van der Waals surface area contributed by atoms with Gasteiger partial charge in [0.15, 0.2) is 0 Å². The molecule has 1 N–H and O–H groups in total. The number of ether oxygens (including phenoxy) is 3. The maximum Gasteiger partial charge on any atom is 0.300 e. The van der Waals surface area contributed by atoms with Crippen LogP contribution in [0.3, 0.4) is 0 Å². The molecule has 0 spiro atoms. The van der Waals surface area contributed by atoms with Gasteiger partial charge in [-0.05, 0) is 66.9 Å². The summed E-state index contributed by atoms with van der Waals surface area (Å²) in [6, 6.07) is 20.1. The lowest BCUT2D eigenvalue weighted by Crippen LogP contribution is -2.29. The van der Waals surface area contributed by atoms with Crippen LogP contribution >= 0.6 is 0 Å². The number of carbonyl (C=O) groups is 2. The second-order valence-electron chi connectivity index (χ2n) is 8.66. The van der Waals surface area contributed by atoms with Crippen LogP contribution in [0.1, 0.15) is 43.9 Å². The molecule has 1 atom stereocenters. The van der Waals surface area contributed by atoms with E-state index in [1.807, 2.05) is 13.8 Å². The number of hydrogen-bond acceptors (Lipinski definition) is 6. The Morgan fingerprint density at radius 1 is 0.838 bits per heavy atom. The van der Waals surface area contributed by atoms with Crippen LogP contribution in [0.25, 0.3) is 5.76 Å². The lowest BCUT2D eigenvalue weighted by atomic mass is 9.95. The smallest absolute Gasteiger partial charge is 0.300 e. The van der Waals surface area contributed by atoms with Crippen molar-refractivity contribution in [3.8, 4) is 17.2 Å². The second-order valence-corrected chi connectivity index (χ2v) is 8.66. The topological polar surface area (TPSA) is 85.3 Å². The first-order valence-corrected chi connectivity index (χ1v) is 12.4. The molecule has 0 radical (unpaired) electrons. The molecule has 0 saturated carbocycles. The molecule has 192 valence electrons. The first-order chi connectivity index (χ1) is 18.0. The Labute approximate surface area is 216 Å². The number of hydrogen-bond donors (Lipinski definition) is 1. The molecule has 0 bridgehead atoms.